The summed E-state index contributed by atoms with van der Waals surface area (Å²) < 4.78 is 0. The van der Waals surface area contributed by atoms with E-state index in [4.69, 9.17) is 10.2 Å². The number of unbranched alkanes of at least 4 members (excludes halogenated alkanes) is 6. The second-order valence-electron chi connectivity index (χ2n) is 12.8. The Morgan fingerprint density at radius 1 is 0.417 bits per heavy atom. The first kappa shape index (κ1) is 31.2. The molecular formula is C38H34N2O8. The second kappa shape index (κ2) is 12.3. The highest BCUT2D eigenvalue weighted by Gasteiger charge is 2.36. The summed E-state index contributed by atoms with van der Waals surface area (Å²) in [6, 6.07) is 14.6. The van der Waals surface area contributed by atoms with Crippen molar-refractivity contribution >= 4 is 78.7 Å². The fourth-order valence-corrected chi connectivity index (χ4v) is 7.57. The first-order valence-corrected chi connectivity index (χ1v) is 16.5. The summed E-state index contributed by atoms with van der Waals surface area (Å²) in [4.78, 5) is 79.0. The van der Waals surface area contributed by atoms with Gasteiger partial charge in [-0.05, 0) is 82.3 Å². The molecule has 0 aromatic heterocycles. The van der Waals surface area contributed by atoms with Crippen molar-refractivity contribution in [3.8, 4) is 0 Å². The lowest BCUT2D eigenvalue weighted by Gasteiger charge is -2.30. The third-order valence-corrected chi connectivity index (χ3v) is 9.85. The van der Waals surface area contributed by atoms with Crippen LogP contribution in [0.1, 0.15) is 106 Å². The molecule has 48 heavy (non-hydrogen) atoms. The largest absolute Gasteiger partial charge is 0.481 e. The number of hydrogen-bond donors (Lipinski definition) is 2. The minimum atomic E-state index is -0.834. The van der Waals surface area contributed by atoms with E-state index in [1.807, 2.05) is 24.3 Å². The molecule has 0 radical (unpaired) electrons. The molecule has 2 aliphatic heterocycles. The Morgan fingerprint density at radius 3 is 1.00 bits per heavy atom. The first-order chi connectivity index (χ1) is 23.2. The Balaban J connectivity index is 1.23. The minimum absolute atomic E-state index is 0.102. The number of carboxylic acid groups (broad SMARTS) is 2. The van der Waals surface area contributed by atoms with Crippen molar-refractivity contribution < 1.29 is 39.0 Å². The number of carbonyl (C=O) groups excluding carboxylic acids is 4. The second-order valence-corrected chi connectivity index (χ2v) is 12.8. The Labute approximate surface area is 275 Å². The van der Waals surface area contributed by atoms with Gasteiger partial charge in [0.2, 0.25) is 0 Å². The van der Waals surface area contributed by atoms with Crippen molar-refractivity contribution in [3.05, 3.63) is 70.8 Å². The number of carbonyl (C=O) groups is 6. The number of aliphatic carboxylic acids is 2. The van der Waals surface area contributed by atoms with E-state index in [2.05, 4.69) is 0 Å². The lowest BCUT2D eigenvalue weighted by Crippen LogP contribution is -2.41. The molecule has 0 atom stereocenters. The van der Waals surface area contributed by atoms with Crippen LogP contribution in [0.15, 0.2) is 48.5 Å². The van der Waals surface area contributed by atoms with Gasteiger partial charge in [0.05, 0.1) is 0 Å². The molecule has 0 fully saturated rings. The fourth-order valence-electron chi connectivity index (χ4n) is 7.57. The molecule has 10 heteroatoms. The summed E-state index contributed by atoms with van der Waals surface area (Å²) in [6.07, 6.45) is 5.35. The summed E-state index contributed by atoms with van der Waals surface area (Å²) in [5.41, 5.74) is 1.81. The van der Waals surface area contributed by atoms with Crippen molar-refractivity contribution in [1.29, 1.82) is 0 Å². The molecule has 244 valence electrons. The van der Waals surface area contributed by atoms with Gasteiger partial charge in [-0.3, -0.25) is 38.6 Å². The van der Waals surface area contributed by atoms with Crippen LogP contribution in [-0.2, 0) is 9.59 Å². The molecule has 0 bridgehead atoms. The van der Waals surface area contributed by atoms with E-state index in [9.17, 15) is 28.8 Å². The summed E-state index contributed by atoms with van der Waals surface area (Å²) >= 11 is 0. The molecule has 2 heterocycles. The van der Waals surface area contributed by atoms with Gasteiger partial charge in [0.15, 0.2) is 0 Å². The van der Waals surface area contributed by atoms with Crippen LogP contribution in [0.5, 0.6) is 0 Å². The summed E-state index contributed by atoms with van der Waals surface area (Å²) in [6.45, 7) is 0.513. The quantitative estimate of drug-likeness (QED) is 0.0567. The van der Waals surface area contributed by atoms with Gasteiger partial charge in [-0.25, -0.2) is 0 Å². The Hall–Kier alpha value is -5.38. The number of carboxylic acids is 2. The van der Waals surface area contributed by atoms with Gasteiger partial charge in [0.1, 0.15) is 0 Å². The predicted octanol–water partition coefficient (Wildman–Crippen LogP) is 7.00. The third kappa shape index (κ3) is 5.03. The highest BCUT2D eigenvalue weighted by Crippen LogP contribution is 2.46. The maximum absolute atomic E-state index is 13.7. The van der Waals surface area contributed by atoms with Crippen LogP contribution in [0, 0.1) is 0 Å². The Kier molecular flexibility index (Phi) is 8.02. The smallest absolute Gasteiger partial charge is 0.303 e. The lowest BCUT2D eigenvalue weighted by molar-refractivity contribution is -0.138. The zero-order valence-electron chi connectivity index (χ0n) is 26.3. The maximum Gasteiger partial charge on any atom is 0.303 e. The maximum atomic E-state index is 13.7. The molecule has 0 spiro atoms. The van der Waals surface area contributed by atoms with E-state index in [-0.39, 0.29) is 49.6 Å². The highest BCUT2D eigenvalue weighted by molar-refractivity contribution is 6.41. The molecule has 10 nitrogen and oxygen atoms in total. The summed E-state index contributed by atoms with van der Waals surface area (Å²) in [5.74, 6) is -3.07. The van der Waals surface area contributed by atoms with Crippen molar-refractivity contribution in [2.24, 2.45) is 0 Å². The molecule has 0 saturated heterocycles. The third-order valence-electron chi connectivity index (χ3n) is 9.85. The van der Waals surface area contributed by atoms with Crippen LogP contribution in [0.4, 0.5) is 0 Å². The van der Waals surface area contributed by atoms with Crippen LogP contribution >= 0.6 is 0 Å². The molecule has 0 unspecified atom stereocenters. The molecular weight excluding hydrogens is 612 g/mol. The number of nitrogens with zero attached hydrogens (tertiary/aromatic N) is 2. The van der Waals surface area contributed by atoms with Crippen LogP contribution in [0.2, 0.25) is 0 Å². The minimum Gasteiger partial charge on any atom is -0.481 e. The SMILES string of the molecule is O=C(O)CCCCCCN1C(=O)c2ccc3c4ccc5c6c(ccc(c7ccc(c2c37)C1=O)c64)C(=O)N(CCCCCCC(=O)O)C5=O. The Bertz CT molecular complexity index is 1930. The van der Waals surface area contributed by atoms with Crippen LogP contribution < -0.4 is 0 Å². The molecule has 0 aliphatic carbocycles. The van der Waals surface area contributed by atoms with Crippen LogP contribution in [0.25, 0.3) is 43.1 Å². The van der Waals surface area contributed by atoms with Gasteiger partial charge >= 0.3 is 11.9 Å². The number of imide groups is 2. The van der Waals surface area contributed by atoms with Crippen molar-refractivity contribution in [2.75, 3.05) is 13.1 Å². The zero-order chi connectivity index (χ0) is 33.7. The predicted molar refractivity (Wildman–Crippen MR) is 180 cm³/mol. The van der Waals surface area contributed by atoms with Crippen molar-refractivity contribution in [3.63, 3.8) is 0 Å². The topological polar surface area (TPSA) is 149 Å². The van der Waals surface area contributed by atoms with Gasteiger partial charge in [-0.15, -0.1) is 0 Å². The van der Waals surface area contributed by atoms with Gasteiger partial charge in [-0.1, -0.05) is 49.9 Å². The summed E-state index contributed by atoms with van der Waals surface area (Å²) in [7, 11) is 0. The number of benzene rings is 5. The van der Waals surface area contributed by atoms with Gasteiger partial charge < -0.3 is 10.2 Å². The van der Waals surface area contributed by atoms with E-state index in [1.165, 1.54) is 9.80 Å². The molecule has 0 saturated carbocycles. The standard InChI is InChI=1S/C38H34N2O8/c41-29(42)9-5-1-3-7-19-39-35(45)25-15-11-21-23-13-17-27-34-28(38(48)40(37(27)47)20-8-4-2-6-10-30(43)44)18-14-24(32(23)34)22-12-16-26(36(39)46)33(25)31(21)22/h11-18H,1-10,19-20H2,(H,41,42)(H,43,44). The van der Waals surface area contributed by atoms with E-state index in [1.54, 1.807) is 24.3 Å². The van der Waals surface area contributed by atoms with E-state index < -0.39 is 11.9 Å². The van der Waals surface area contributed by atoms with E-state index in [0.717, 1.165) is 32.3 Å². The molecule has 2 N–H and O–H groups in total. The normalized spacial score (nSPS) is 14.4. The monoisotopic (exact) mass is 646 g/mol. The average Bonchev–Trinajstić information content (AvgIpc) is 3.07. The van der Waals surface area contributed by atoms with Crippen LogP contribution in [0.3, 0.4) is 0 Å². The van der Waals surface area contributed by atoms with Crippen molar-refractivity contribution in [1.82, 2.24) is 9.80 Å². The molecule has 5 aromatic rings. The van der Waals surface area contributed by atoms with Gasteiger partial charge in [0, 0.05) is 59.0 Å². The van der Waals surface area contributed by atoms with Gasteiger partial charge in [0.25, 0.3) is 23.6 Å². The lowest BCUT2D eigenvalue weighted by atomic mass is 9.82. The number of rotatable bonds is 14. The number of fused-ring (bicyclic) bond motifs is 2. The van der Waals surface area contributed by atoms with Crippen molar-refractivity contribution in [2.45, 2.75) is 64.2 Å². The molecule has 4 amide bonds. The Morgan fingerprint density at radius 2 is 0.708 bits per heavy atom. The molecule has 2 aliphatic rings. The average molecular weight is 647 g/mol. The first-order valence-electron chi connectivity index (χ1n) is 16.5. The van der Waals surface area contributed by atoms with E-state index >= 15 is 0 Å². The number of amides is 4. The zero-order valence-corrected chi connectivity index (χ0v) is 26.3. The van der Waals surface area contributed by atoms with Crippen LogP contribution in [-0.4, -0.2) is 68.7 Å². The molecule has 5 aromatic carbocycles. The number of hydrogen-bond acceptors (Lipinski definition) is 6. The molecule has 7 rings (SSSR count). The summed E-state index contributed by atoms with van der Waals surface area (Å²) in [5, 5.41) is 23.9. The highest BCUT2D eigenvalue weighted by atomic mass is 16.4. The fraction of sp³-hybridized carbons (Fsp3) is 0.316. The van der Waals surface area contributed by atoms with Gasteiger partial charge in [-0.2, -0.15) is 0 Å². The van der Waals surface area contributed by atoms with E-state index in [0.29, 0.717) is 84.4 Å².